The minimum Gasteiger partial charge on any atom is -0.211 e. The molecule has 0 N–H and O–H groups in total. The third kappa shape index (κ3) is 4.35. The Kier molecular flexibility index (Phi) is 6.01. The van der Waals surface area contributed by atoms with Gasteiger partial charge in [-0.15, -0.1) is 0 Å². The molecule has 1 unspecified atom stereocenters. The maximum atomic E-state index is 10.7. The lowest BCUT2D eigenvalue weighted by Crippen LogP contribution is -2.00. The zero-order valence-electron chi connectivity index (χ0n) is 12.1. The van der Waals surface area contributed by atoms with E-state index in [0.717, 1.165) is 23.1 Å². The molecular weight excluding hydrogens is 276 g/mol. The van der Waals surface area contributed by atoms with Gasteiger partial charge >= 0.3 is 0 Å². The van der Waals surface area contributed by atoms with Crippen LogP contribution in [0.2, 0.25) is 0 Å². The van der Waals surface area contributed by atoms with Crippen LogP contribution in [0.15, 0.2) is 64.6 Å². The summed E-state index contributed by atoms with van der Waals surface area (Å²) in [5.41, 5.74) is 3.09. The minimum atomic E-state index is -0.207. The summed E-state index contributed by atoms with van der Waals surface area (Å²) < 4.78 is 0. The van der Waals surface area contributed by atoms with Crippen LogP contribution < -0.4 is 0 Å². The molecule has 0 heterocycles. The first-order valence-electron chi connectivity index (χ1n) is 7.07. The lowest BCUT2D eigenvalue weighted by molar-refractivity contribution is 0.552. The second-order valence-electron chi connectivity index (χ2n) is 4.86. The van der Waals surface area contributed by atoms with Crippen molar-refractivity contribution in [2.24, 2.45) is 9.98 Å². The van der Waals surface area contributed by atoms with Crippen LogP contribution in [0, 0.1) is 0 Å². The zero-order chi connectivity index (χ0) is 15.6. The van der Waals surface area contributed by atoms with Gasteiger partial charge in [-0.3, -0.25) is 0 Å². The Labute approximate surface area is 129 Å². The van der Waals surface area contributed by atoms with Gasteiger partial charge in [-0.05, 0) is 29.5 Å². The van der Waals surface area contributed by atoms with E-state index < -0.39 is 0 Å². The second kappa shape index (κ2) is 8.48. The summed E-state index contributed by atoms with van der Waals surface area (Å²) in [6, 6.07) is 17.3. The maximum absolute atomic E-state index is 10.7. The third-order valence-electron chi connectivity index (χ3n) is 3.51. The van der Waals surface area contributed by atoms with E-state index in [1.807, 2.05) is 54.6 Å². The predicted octanol–water partition coefficient (Wildman–Crippen LogP) is 3.53. The van der Waals surface area contributed by atoms with Gasteiger partial charge in [0.15, 0.2) is 0 Å². The Hall–Kier alpha value is -2.80. The number of hydrogen-bond acceptors (Lipinski definition) is 4. The van der Waals surface area contributed by atoms with Gasteiger partial charge in [-0.25, -0.2) is 14.6 Å². The summed E-state index contributed by atoms with van der Waals surface area (Å²) in [7, 11) is 0. The monoisotopic (exact) mass is 292 g/mol. The highest BCUT2D eigenvalue weighted by atomic mass is 16.1. The molecule has 0 aliphatic carbocycles. The van der Waals surface area contributed by atoms with Gasteiger partial charge in [-0.1, -0.05) is 54.6 Å². The van der Waals surface area contributed by atoms with Crippen molar-refractivity contribution in [2.45, 2.75) is 25.4 Å². The average molecular weight is 292 g/mol. The molecule has 0 aliphatic rings. The number of benzene rings is 2. The average Bonchev–Trinajstić information content (AvgIpc) is 2.58. The van der Waals surface area contributed by atoms with Crippen molar-refractivity contribution in [3.05, 3.63) is 71.3 Å². The quantitative estimate of drug-likeness (QED) is 0.579. The number of rotatable bonds is 7. The van der Waals surface area contributed by atoms with Gasteiger partial charge in [-0.2, -0.15) is 4.99 Å². The van der Waals surface area contributed by atoms with Crippen LogP contribution in [0.1, 0.15) is 29.2 Å². The number of hydrogen-bond donors (Lipinski definition) is 0. The Morgan fingerprint density at radius 2 is 1.55 bits per heavy atom. The number of aliphatic imine (C=N–C) groups is 2. The summed E-state index contributed by atoms with van der Waals surface area (Å²) in [5, 5.41) is 0. The smallest absolute Gasteiger partial charge is 0.211 e. The molecule has 4 heteroatoms. The Bertz CT molecular complexity index is 700. The SMILES string of the molecule is O=C=NCc1ccccc1CCC(N=C=O)c1ccccc1. The van der Waals surface area contributed by atoms with Gasteiger partial charge in [0.25, 0.3) is 0 Å². The summed E-state index contributed by atoms with van der Waals surface area (Å²) >= 11 is 0. The molecular formula is C18H16N2O2. The molecule has 2 aromatic rings. The lowest BCUT2D eigenvalue weighted by atomic mass is 9.97. The van der Waals surface area contributed by atoms with Crippen LogP contribution >= 0.6 is 0 Å². The molecule has 0 amide bonds. The molecule has 2 aromatic carbocycles. The molecule has 0 saturated heterocycles. The highest BCUT2D eigenvalue weighted by Crippen LogP contribution is 2.24. The third-order valence-corrected chi connectivity index (χ3v) is 3.51. The molecule has 0 fully saturated rings. The fourth-order valence-corrected chi connectivity index (χ4v) is 2.41. The van der Waals surface area contributed by atoms with Crippen LogP contribution in [0.3, 0.4) is 0 Å². The standard InChI is InChI=1S/C18H16N2O2/c21-13-19-12-17-9-5-4-6-15(17)10-11-18(20-14-22)16-7-2-1-3-8-16/h1-9,18H,10-12H2. The van der Waals surface area contributed by atoms with Crippen LogP contribution in [0.5, 0.6) is 0 Å². The van der Waals surface area contributed by atoms with Crippen LogP contribution in [0.25, 0.3) is 0 Å². The van der Waals surface area contributed by atoms with Crippen molar-refractivity contribution >= 4 is 12.2 Å². The highest BCUT2D eigenvalue weighted by Gasteiger charge is 2.11. The summed E-state index contributed by atoms with van der Waals surface area (Å²) in [5.74, 6) is 0. The topological polar surface area (TPSA) is 58.9 Å². The summed E-state index contributed by atoms with van der Waals surface area (Å²) in [6.07, 6.45) is 4.66. The van der Waals surface area contributed by atoms with Gasteiger partial charge < -0.3 is 0 Å². The molecule has 2 rings (SSSR count). The van der Waals surface area contributed by atoms with Crippen LogP contribution in [-0.4, -0.2) is 12.2 Å². The molecule has 0 aliphatic heterocycles. The summed E-state index contributed by atoms with van der Waals surface area (Å²) in [6.45, 7) is 0.326. The fraction of sp³-hybridized carbons (Fsp3) is 0.222. The number of nitrogens with zero attached hydrogens (tertiary/aromatic N) is 2. The zero-order valence-corrected chi connectivity index (χ0v) is 12.1. The highest BCUT2D eigenvalue weighted by molar-refractivity contribution is 5.36. The second-order valence-corrected chi connectivity index (χ2v) is 4.86. The van der Waals surface area contributed by atoms with Crippen molar-refractivity contribution in [1.29, 1.82) is 0 Å². The van der Waals surface area contributed by atoms with Gasteiger partial charge in [0.2, 0.25) is 12.2 Å². The van der Waals surface area contributed by atoms with Crippen LogP contribution in [-0.2, 0) is 22.6 Å². The molecule has 22 heavy (non-hydrogen) atoms. The molecule has 0 radical (unpaired) electrons. The van der Waals surface area contributed by atoms with Gasteiger partial charge in [0.05, 0.1) is 12.6 Å². The van der Waals surface area contributed by atoms with E-state index in [1.54, 1.807) is 12.2 Å². The first-order valence-corrected chi connectivity index (χ1v) is 7.07. The van der Waals surface area contributed by atoms with Gasteiger partial charge in [0, 0.05) is 0 Å². The van der Waals surface area contributed by atoms with Crippen LogP contribution in [0.4, 0.5) is 0 Å². The number of aryl methyl sites for hydroxylation is 1. The number of carbonyl (C=O) groups excluding carboxylic acids is 2. The van der Waals surface area contributed by atoms with Crippen molar-refractivity contribution in [3.63, 3.8) is 0 Å². The molecule has 0 aromatic heterocycles. The van der Waals surface area contributed by atoms with E-state index in [-0.39, 0.29) is 6.04 Å². The molecule has 1 atom stereocenters. The Balaban J connectivity index is 2.13. The van der Waals surface area contributed by atoms with E-state index in [1.165, 1.54) is 0 Å². The van der Waals surface area contributed by atoms with Crippen molar-refractivity contribution in [3.8, 4) is 0 Å². The van der Waals surface area contributed by atoms with Crippen molar-refractivity contribution in [1.82, 2.24) is 0 Å². The lowest BCUT2D eigenvalue weighted by Gasteiger charge is -2.12. The molecule has 110 valence electrons. The van der Waals surface area contributed by atoms with E-state index in [9.17, 15) is 9.59 Å². The van der Waals surface area contributed by atoms with Crippen molar-refractivity contribution in [2.75, 3.05) is 0 Å². The first-order chi connectivity index (χ1) is 10.8. The van der Waals surface area contributed by atoms with E-state index >= 15 is 0 Å². The molecule has 4 nitrogen and oxygen atoms in total. The van der Waals surface area contributed by atoms with E-state index in [4.69, 9.17) is 0 Å². The fourth-order valence-electron chi connectivity index (χ4n) is 2.41. The predicted molar refractivity (Wildman–Crippen MR) is 83.9 cm³/mol. The van der Waals surface area contributed by atoms with E-state index in [0.29, 0.717) is 13.0 Å². The van der Waals surface area contributed by atoms with E-state index in [2.05, 4.69) is 9.98 Å². The van der Waals surface area contributed by atoms with Gasteiger partial charge in [0.1, 0.15) is 0 Å². The normalized spacial score (nSPS) is 11.1. The maximum Gasteiger partial charge on any atom is 0.235 e. The summed E-state index contributed by atoms with van der Waals surface area (Å²) in [4.78, 5) is 28.5. The number of isocyanates is 2. The Morgan fingerprint density at radius 3 is 2.23 bits per heavy atom. The largest absolute Gasteiger partial charge is 0.235 e. The molecule has 0 saturated carbocycles. The van der Waals surface area contributed by atoms with Crippen molar-refractivity contribution < 1.29 is 9.59 Å². The molecule has 0 bridgehead atoms. The Morgan fingerprint density at radius 1 is 0.864 bits per heavy atom. The minimum absolute atomic E-state index is 0.207. The first kappa shape index (κ1) is 15.6. The molecule has 0 spiro atoms.